The van der Waals surface area contributed by atoms with Crippen molar-refractivity contribution in [2.24, 2.45) is 5.10 Å². The molecule has 0 bridgehead atoms. The zero-order valence-corrected chi connectivity index (χ0v) is 16.0. The molecule has 7 nitrogen and oxygen atoms in total. The molecule has 5 rings (SSSR count). The second kappa shape index (κ2) is 6.46. The van der Waals surface area contributed by atoms with Gasteiger partial charge in [0.05, 0.1) is 16.8 Å². The van der Waals surface area contributed by atoms with Crippen LogP contribution in [0.3, 0.4) is 0 Å². The van der Waals surface area contributed by atoms with Gasteiger partial charge < -0.3 is 4.98 Å². The number of aromatic amines is 1. The Morgan fingerprint density at radius 2 is 1.86 bits per heavy atom. The lowest BCUT2D eigenvalue weighted by Gasteiger charge is -2.17. The van der Waals surface area contributed by atoms with E-state index in [1.807, 2.05) is 36.4 Å². The quantitative estimate of drug-likeness (QED) is 0.404. The number of sulfonamides is 1. The molecule has 1 amide bonds. The van der Waals surface area contributed by atoms with E-state index < -0.39 is 15.9 Å². The number of nitrogens with zero attached hydrogens (tertiary/aromatic N) is 2. The fraction of sp³-hybridized carbons (Fsp3) is 0.0476. The minimum atomic E-state index is -3.77. The van der Waals surface area contributed by atoms with E-state index in [9.17, 15) is 13.2 Å². The number of amides is 1. The van der Waals surface area contributed by atoms with Gasteiger partial charge in [-0.15, -0.1) is 0 Å². The Labute approximate surface area is 166 Å². The van der Waals surface area contributed by atoms with Gasteiger partial charge >= 0.3 is 0 Å². The van der Waals surface area contributed by atoms with Gasteiger partial charge in [-0.25, -0.2) is 13.8 Å². The van der Waals surface area contributed by atoms with Gasteiger partial charge in [0.25, 0.3) is 15.9 Å². The average Bonchev–Trinajstić information content (AvgIpc) is 3.22. The van der Waals surface area contributed by atoms with E-state index in [0.717, 1.165) is 26.2 Å². The molecule has 144 valence electrons. The fourth-order valence-electron chi connectivity index (χ4n) is 3.67. The molecule has 1 aliphatic rings. The van der Waals surface area contributed by atoms with Crippen molar-refractivity contribution in [3.63, 3.8) is 0 Å². The van der Waals surface area contributed by atoms with Crippen LogP contribution in [0.1, 0.15) is 5.56 Å². The molecule has 0 saturated carbocycles. The second-order valence-electron chi connectivity index (χ2n) is 6.73. The van der Waals surface area contributed by atoms with Crippen LogP contribution in [0.5, 0.6) is 0 Å². The highest BCUT2D eigenvalue weighted by atomic mass is 32.2. The van der Waals surface area contributed by atoms with Crippen molar-refractivity contribution in [1.29, 1.82) is 0 Å². The number of carbonyl (C=O) groups is 1. The maximum absolute atomic E-state index is 12.9. The first-order valence-corrected chi connectivity index (χ1v) is 10.4. The summed E-state index contributed by atoms with van der Waals surface area (Å²) in [5, 5.41) is 6.43. The smallest absolute Gasteiger partial charge is 0.265 e. The highest BCUT2D eigenvalue weighted by Crippen LogP contribution is 2.41. The molecular formula is C21H16N4O3S. The molecular weight excluding hydrogens is 388 g/mol. The Kier molecular flexibility index (Phi) is 3.88. The molecule has 0 spiro atoms. The molecule has 4 aromatic rings. The number of anilines is 1. The SMILES string of the molecule is O=C(CN1c2cccc3cccc(c23)S1(=O)=O)N/N=C/c1c[nH]c2ccccc12. The molecule has 2 heterocycles. The molecule has 0 aliphatic carbocycles. The zero-order valence-electron chi connectivity index (χ0n) is 15.2. The number of H-pyrrole nitrogens is 1. The topological polar surface area (TPSA) is 94.6 Å². The van der Waals surface area contributed by atoms with Gasteiger partial charge in [-0.3, -0.25) is 9.10 Å². The third-order valence-electron chi connectivity index (χ3n) is 4.98. The fourth-order valence-corrected chi connectivity index (χ4v) is 5.34. The average molecular weight is 404 g/mol. The number of hydrogen-bond donors (Lipinski definition) is 2. The minimum absolute atomic E-state index is 0.223. The van der Waals surface area contributed by atoms with Gasteiger partial charge in [0, 0.05) is 28.0 Å². The summed E-state index contributed by atoms with van der Waals surface area (Å²) in [5.74, 6) is -0.519. The standard InChI is InChI=1S/C21H16N4O3S/c26-20(24-23-12-15-11-22-17-8-2-1-7-16(15)17)13-25-18-9-3-5-14-6-4-10-19(21(14)18)29(25,27)28/h1-12,22H,13H2,(H,24,26)/b23-12+. The third-order valence-corrected chi connectivity index (χ3v) is 6.78. The van der Waals surface area contributed by atoms with E-state index in [0.29, 0.717) is 11.1 Å². The van der Waals surface area contributed by atoms with Crippen LogP contribution in [0.2, 0.25) is 0 Å². The molecule has 0 atom stereocenters. The van der Waals surface area contributed by atoms with Crippen molar-refractivity contribution in [2.75, 3.05) is 10.8 Å². The summed E-state index contributed by atoms with van der Waals surface area (Å²) in [5.41, 5.74) is 4.72. The summed E-state index contributed by atoms with van der Waals surface area (Å²) >= 11 is 0. The molecule has 1 aliphatic heterocycles. The number of hydrogen-bond acceptors (Lipinski definition) is 4. The summed E-state index contributed by atoms with van der Waals surface area (Å²) in [7, 11) is -3.77. The van der Waals surface area contributed by atoms with E-state index in [-0.39, 0.29) is 11.4 Å². The Bertz CT molecular complexity index is 1400. The number of aromatic nitrogens is 1. The minimum Gasteiger partial charge on any atom is -0.361 e. The number of hydrazone groups is 1. The second-order valence-corrected chi connectivity index (χ2v) is 8.56. The molecule has 8 heteroatoms. The number of nitrogens with one attached hydrogen (secondary N) is 2. The summed E-state index contributed by atoms with van der Waals surface area (Å²) in [6.45, 7) is -0.346. The molecule has 3 aromatic carbocycles. The lowest BCUT2D eigenvalue weighted by atomic mass is 10.1. The number of benzene rings is 3. The van der Waals surface area contributed by atoms with Crippen LogP contribution in [-0.4, -0.2) is 32.1 Å². The van der Waals surface area contributed by atoms with E-state index in [1.165, 1.54) is 6.21 Å². The molecule has 0 unspecified atom stereocenters. The molecule has 0 fully saturated rings. The number of fused-ring (bicyclic) bond motifs is 1. The first kappa shape index (κ1) is 17.4. The summed E-state index contributed by atoms with van der Waals surface area (Å²) < 4.78 is 26.9. The van der Waals surface area contributed by atoms with Crippen molar-refractivity contribution >= 4 is 49.5 Å². The van der Waals surface area contributed by atoms with Crippen LogP contribution < -0.4 is 9.73 Å². The van der Waals surface area contributed by atoms with Crippen LogP contribution in [0.4, 0.5) is 5.69 Å². The van der Waals surface area contributed by atoms with Crippen LogP contribution in [0, 0.1) is 0 Å². The predicted molar refractivity (Wildman–Crippen MR) is 113 cm³/mol. The first-order valence-electron chi connectivity index (χ1n) is 8.98. The van der Waals surface area contributed by atoms with E-state index in [1.54, 1.807) is 30.5 Å². The number of para-hydroxylation sites is 1. The summed E-state index contributed by atoms with van der Waals surface area (Å²) in [4.78, 5) is 15.8. The monoisotopic (exact) mass is 404 g/mol. The van der Waals surface area contributed by atoms with Gasteiger partial charge in [-0.05, 0) is 23.6 Å². The van der Waals surface area contributed by atoms with Crippen molar-refractivity contribution in [2.45, 2.75) is 4.90 Å². The molecule has 1 aromatic heterocycles. The van der Waals surface area contributed by atoms with Crippen molar-refractivity contribution in [3.05, 3.63) is 72.4 Å². The molecule has 0 radical (unpaired) electrons. The summed E-state index contributed by atoms with van der Waals surface area (Å²) in [6, 6.07) is 18.2. The molecule has 2 N–H and O–H groups in total. The van der Waals surface area contributed by atoms with Gasteiger partial charge in [0.15, 0.2) is 0 Å². The number of rotatable bonds is 4. The van der Waals surface area contributed by atoms with Crippen LogP contribution >= 0.6 is 0 Å². The van der Waals surface area contributed by atoms with E-state index in [4.69, 9.17) is 0 Å². The normalized spacial score (nSPS) is 14.8. The lowest BCUT2D eigenvalue weighted by Crippen LogP contribution is -2.37. The molecule has 29 heavy (non-hydrogen) atoms. The lowest BCUT2D eigenvalue weighted by molar-refractivity contribution is -0.119. The maximum atomic E-state index is 12.9. The Morgan fingerprint density at radius 3 is 2.72 bits per heavy atom. The maximum Gasteiger partial charge on any atom is 0.265 e. The third kappa shape index (κ3) is 2.76. The van der Waals surface area contributed by atoms with Crippen LogP contribution in [-0.2, 0) is 14.8 Å². The van der Waals surface area contributed by atoms with Gasteiger partial charge in [-0.2, -0.15) is 5.10 Å². The van der Waals surface area contributed by atoms with Crippen molar-refractivity contribution in [1.82, 2.24) is 10.4 Å². The van der Waals surface area contributed by atoms with E-state index in [2.05, 4.69) is 15.5 Å². The summed E-state index contributed by atoms with van der Waals surface area (Å²) in [6.07, 6.45) is 3.33. The van der Waals surface area contributed by atoms with Gasteiger partial charge in [0.2, 0.25) is 0 Å². The highest BCUT2D eigenvalue weighted by molar-refractivity contribution is 7.93. The Hall–Kier alpha value is -3.65. The van der Waals surface area contributed by atoms with Gasteiger partial charge in [0.1, 0.15) is 6.54 Å². The van der Waals surface area contributed by atoms with Crippen molar-refractivity contribution in [3.8, 4) is 0 Å². The highest BCUT2D eigenvalue weighted by Gasteiger charge is 2.36. The first-order chi connectivity index (χ1) is 14.1. The largest absolute Gasteiger partial charge is 0.361 e. The Balaban J connectivity index is 1.37. The Morgan fingerprint density at radius 1 is 1.07 bits per heavy atom. The number of carbonyl (C=O) groups excluding carboxylic acids is 1. The zero-order chi connectivity index (χ0) is 20.0. The molecule has 0 saturated heterocycles. The van der Waals surface area contributed by atoms with Crippen LogP contribution in [0.15, 0.2) is 76.9 Å². The predicted octanol–water partition coefficient (Wildman–Crippen LogP) is 2.98. The van der Waals surface area contributed by atoms with Crippen molar-refractivity contribution < 1.29 is 13.2 Å². The van der Waals surface area contributed by atoms with Gasteiger partial charge in [-0.1, -0.05) is 42.5 Å². The van der Waals surface area contributed by atoms with Crippen LogP contribution in [0.25, 0.3) is 21.7 Å². The van der Waals surface area contributed by atoms with E-state index >= 15 is 0 Å².